The van der Waals surface area contributed by atoms with Crippen molar-refractivity contribution in [1.82, 2.24) is 10.2 Å². The van der Waals surface area contributed by atoms with Crippen molar-refractivity contribution in [2.75, 3.05) is 13.6 Å². The van der Waals surface area contributed by atoms with E-state index in [0.717, 1.165) is 12.8 Å². The second kappa shape index (κ2) is 7.55. The molecule has 0 saturated heterocycles. The number of carbonyl (C=O) groups excluding carboxylic acids is 2. The van der Waals surface area contributed by atoms with Gasteiger partial charge in [-0.25, -0.2) is 0 Å². The molecule has 2 amide bonds. The second-order valence-electron chi connectivity index (χ2n) is 8.27. The Balaban J connectivity index is 1.58. The number of rotatable bonds is 4. The smallest absolute Gasteiger partial charge is 0.251 e. The van der Waals surface area contributed by atoms with Gasteiger partial charge in [0.1, 0.15) is 0 Å². The summed E-state index contributed by atoms with van der Waals surface area (Å²) in [6, 6.07) is 15.9. The van der Waals surface area contributed by atoms with Gasteiger partial charge < -0.3 is 10.2 Å². The highest BCUT2D eigenvalue weighted by atomic mass is 16.2. The molecule has 142 valence electrons. The van der Waals surface area contributed by atoms with E-state index in [1.807, 2.05) is 43.4 Å². The van der Waals surface area contributed by atoms with Crippen LogP contribution < -0.4 is 5.32 Å². The Labute approximate surface area is 161 Å². The minimum absolute atomic E-state index is 0.00895. The van der Waals surface area contributed by atoms with E-state index in [-0.39, 0.29) is 29.8 Å². The molecule has 2 aromatic rings. The minimum Gasteiger partial charge on any atom is -0.343 e. The fourth-order valence-electron chi connectivity index (χ4n) is 3.62. The van der Waals surface area contributed by atoms with Crippen molar-refractivity contribution in [2.24, 2.45) is 0 Å². The van der Waals surface area contributed by atoms with Gasteiger partial charge in [-0.3, -0.25) is 9.59 Å². The van der Waals surface area contributed by atoms with Crippen molar-refractivity contribution >= 4 is 11.8 Å². The second-order valence-corrected chi connectivity index (χ2v) is 8.27. The van der Waals surface area contributed by atoms with E-state index in [4.69, 9.17) is 0 Å². The highest BCUT2D eigenvalue weighted by Crippen LogP contribution is 2.34. The van der Waals surface area contributed by atoms with Gasteiger partial charge in [-0.2, -0.15) is 0 Å². The summed E-state index contributed by atoms with van der Waals surface area (Å²) in [6.45, 7) is 6.42. The van der Waals surface area contributed by atoms with Gasteiger partial charge in [-0.15, -0.1) is 0 Å². The molecule has 0 radical (unpaired) electrons. The molecule has 0 heterocycles. The summed E-state index contributed by atoms with van der Waals surface area (Å²) >= 11 is 0. The number of hydrogen-bond acceptors (Lipinski definition) is 2. The predicted octanol–water partition coefficient (Wildman–Crippen LogP) is 3.86. The number of nitrogens with zero attached hydrogens (tertiary/aromatic N) is 1. The van der Waals surface area contributed by atoms with E-state index in [9.17, 15) is 9.59 Å². The van der Waals surface area contributed by atoms with E-state index in [2.05, 4.69) is 38.2 Å². The van der Waals surface area contributed by atoms with Crippen molar-refractivity contribution in [3.63, 3.8) is 0 Å². The molecule has 0 bridgehead atoms. The lowest BCUT2D eigenvalue weighted by molar-refractivity contribution is -0.131. The van der Waals surface area contributed by atoms with Crippen LogP contribution in [0.2, 0.25) is 0 Å². The third kappa shape index (κ3) is 4.21. The van der Waals surface area contributed by atoms with Crippen LogP contribution in [0.25, 0.3) is 0 Å². The zero-order valence-electron chi connectivity index (χ0n) is 16.6. The van der Waals surface area contributed by atoms with Gasteiger partial charge in [0.05, 0.1) is 12.6 Å². The zero-order chi connectivity index (χ0) is 19.6. The van der Waals surface area contributed by atoms with Gasteiger partial charge >= 0.3 is 0 Å². The molecule has 27 heavy (non-hydrogen) atoms. The molecule has 0 aromatic heterocycles. The largest absolute Gasteiger partial charge is 0.343 e. The lowest BCUT2D eigenvalue weighted by Crippen LogP contribution is -2.39. The number of carbonyl (C=O) groups is 2. The molecule has 4 nitrogen and oxygen atoms in total. The molecule has 0 saturated carbocycles. The Kier molecular flexibility index (Phi) is 5.36. The molecule has 3 rings (SSSR count). The molecule has 0 spiro atoms. The highest BCUT2D eigenvalue weighted by molar-refractivity contribution is 5.96. The van der Waals surface area contributed by atoms with Gasteiger partial charge in [-0.1, -0.05) is 57.2 Å². The number of aryl methyl sites for hydroxylation is 1. The monoisotopic (exact) mass is 364 g/mol. The summed E-state index contributed by atoms with van der Waals surface area (Å²) in [5.41, 5.74) is 4.33. The molecule has 0 aliphatic heterocycles. The summed E-state index contributed by atoms with van der Waals surface area (Å²) in [7, 11) is 1.82. The number of likely N-dealkylation sites (N-methyl/N-ethyl adjacent to an activating group) is 1. The van der Waals surface area contributed by atoms with E-state index in [0.29, 0.717) is 5.56 Å². The molecule has 2 aromatic carbocycles. The van der Waals surface area contributed by atoms with Crippen LogP contribution in [0.15, 0.2) is 48.5 Å². The van der Waals surface area contributed by atoms with Crippen molar-refractivity contribution in [2.45, 2.75) is 45.1 Å². The fraction of sp³-hybridized carbons (Fsp3) is 0.391. The van der Waals surface area contributed by atoms with Crippen LogP contribution in [0, 0.1) is 0 Å². The predicted molar refractivity (Wildman–Crippen MR) is 108 cm³/mol. The Morgan fingerprint density at radius 3 is 2.41 bits per heavy atom. The number of fused-ring (bicyclic) bond motifs is 1. The third-order valence-electron chi connectivity index (χ3n) is 5.38. The first-order valence-corrected chi connectivity index (χ1v) is 9.49. The average Bonchev–Trinajstić information content (AvgIpc) is 3.08. The first-order chi connectivity index (χ1) is 12.8. The number of nitrogens with one attached hydrogen (secondary N) is 1. The first kappa shape index (κ1) is 19.2. The van der Waals surface area contributed by atoms with Crippen molar-refractivity contribution in [1.29, 1.82) is 0 Å². The van der Waals surface area contributed by atoms with Gasteiger partial charge in [0, 0.05) is 12.6 Å². The van der Waals surface area contributed by atoms with Crippen molar-refractivity contribution in [3.8, 4) is 0 Å². The molecule has 0 fully saturated rings. The van der Waals surface area contributed by atoms with Crippen LogP contribution in [0.3, 0.4) is 0 Å². The molecule has 1 aliphatic rings. The van der Waals surface area contributed by atoms with Gasteiger partial charge in [0.2, 0.25) is 5.91 Å². The zero-order valence-corrected chi connectivity index (χ0v) is 16.6. The lowest BCUT2D eigenvalue weighted by atomic mass is 9.87. The molecule has 4 heteroatoms. The number of benzene rings is 2. The van der Waals surface area contributed by atoms with E-state index in [1.54, 1.807) is 4.90 Å². The Hall–Kier alpha value is -2.62. The maximum atomic E-state index is 12.6. The topological polar surface area (TPSA) is 49.4 Å². The Morgan fingerprint density at radius 1 is 1.07 bits per heavy atom. The molecule has 1 atom stereocenters. The van der Waals surface area contributed by atoms with Crippen molar-refractivity contribution in [3.05, 3.63) is 70.8 Å². The normalized spacial score (nSPS) is 15.9. The summed E-state index contributed by atoms with van der Waals surface area (Å²) in [5, 5.41) is 2.76. The van der Waals surface area contributed by atoms with Crippen molar-refractivity contribution < 1.29 is 9.59 Å². The number of hydrogen-bond donors (Lipinski definition) is 1. The molecule has 1 unspecified atom stereocenters. The van der Waals surface area contributed by atoms with Crippen LogP contribution in [-0.2, 0) is 16.6 Å². The van der Waals surface area contributed by atoms with Crippen LogP contribution in [-0.4, -0.2) is 30.3 Å². The summed E-state index contributed by atoms with van der Waals surface area (Å²) in [4.78, 5) is 26.7. The highest BCUT2D eigenvalue weighted by Gasteiger charge is 2.28. The lowest BCUT2D eigenvalue weighted by Gasteiger charge is -2.25. The third-order valence-corrected chi connectivity index (χ3v) is 5.38. The fourth-order valence-corrected chi connectivity index (χ4v) is 3.62. The van der Waals surface area contributed by atoms with Gasteiger partial charge in [0.15, 0.2) is 0 Å². The van der Waals surface area contributed by atoms with E-state index >= 15 is 0 Å². The summed E-state index contributed by atoms with van der Waals surface area (Å²) in [5.74, 6) is -0.291. The summed E-state index contributed by atoms with van der Waals surface area (Å²) in [6.07, 6.45) is 1.93. The van der Waals surface area contributed by atoms with E-state index < -0.39 is 0 Å². The van der Waals surface area contributed by atoms with Crippen LogP contribution in [0.5, 0.6) is 0 Å². The molecule has 1 aliphatic carbocycles. The van der Waals surface area contributed by atoms with E-state index in [1.165, 1.54) is 16.7 Å². The Morgan fingerprint density at radius 2 is 1.74 bits per heavy atom. The van der Waals surface area contributed by atoms with Crippen LogP contribution in [0.4, 0.5) is 0 Å². The standard InChI is InChI=1S/C23H28N2O2/c1-23(2,3)18-12-9-17(10-13-18)22(27)24-15-21(26)25(4)20-14-11-16-7-5-6-8-19(16)20/h5-10,12-13,20H,11,14-15H2,1-4H3,(H,24,27). The van der Waals surface area contributed by atoms with Crippen LogP contribution >= 0.6 is 0 Å². The SMILES string of the molecule is CN(C(=O)CNC(=O)c1ccc(C(C)(C)C)cc1)C1CCc2ccccc21. The molecular weight excluding hydrogens is 336 g/mol. The van der Waals surface area contributed by atoms with Gasteiger partial charge in [-0.05, 0) is 47.1 Å². The summed E-state index contributed by atoms with van der Waals surface area (Å²) < 4.78 is 0. The van der Waals surface area contributed by atoms with Gasteiger partial charge in [0.25, 0.3) is 5.91 Å². The molecular formula is C23H28N2O2. The maximum absolute atomic E-state index is 12.6. The first-order valence-electron chi connectivity index (χ1n) is 9.49. The average molecular weight is 364 g/mol. The Bertz CT molecular complexity index is 834. The number of amides is 2. The van der Waals surface area contributed by atoms with Crippen LogP contribution in [0.1, 0.15) is 60.3 Å². The maximum Gasteiger partial charge on any atom is 0.251 e. The quantitative estimate of drug-likeness (QED) is 0.896. The minimum atomic E-state index is -0.218. The molecule has 1 N–H and O–H groups in total.